The molecule has 4 atom stereocenters. The van der Waals surface area contributed by atoms with Gasteiger partial charge in [-0.15, -0.1) is 0 Å². The molecule has 1 heterocycles. The molecule has 0 amide bonds. The number of aliphatic hydroxyl groups is 1. The fourth-order valence-corrected chi connectivity index (χ4v) is 4.69. The van der Waals surface area contributed by atoms with Crippen molar-refractivity contribution in [1.29, 1.82) is 0 Å². The summed E-state index contributed by atoms with van der Waals surface area (Å²) in [6, 6.07) is 29.4. The molecular weight excluding hydrogens is 460 g/mol. The van der Waals surface area contributed by atoms with Crippen LogP contribution in [0.15, 0.2) is 91.0 Å². The Labute approximate surface area is 210 Å². The molecule has 0 saturated carbocycles. The largest absolute Gasteiger partial charge is 0.458 e. The summed E-state index contributed by atoms with van der Waals surface area (Å²) in [6.45, 7) is 2.48. The van der Waals surface area contributed by atoms with Crippen LogP contribution in [0.2, 0.25) is 0 Å². The van der Waals surface area contributed by atoms with Gasteiger partial charge in [0.25, 0.3) is 0 Å². The van der Waals surface area contributed by atoms with Crippen molar-refractivity contribution in [2.45, 2.75) is 50.5 Å². The molecule has 1 aliphatic rings. The van der Waals surface area contributed by atoms with Crippen LogP contribution < -0.4 is 0 Å². The molecule has 7 nitrogen and oxygen atoms in total. The van der Waals surface area contributed by atoms with Crippen LogP contribution >= 0.6 is 0 Å². The molecule has 3 aromatic rings. The van der Waals surface area contributed by atoms with E-state index in [1.165, 1.54) is 13.8 Å². The van der Waals surface area contributed by atoms with Crippen molar-refractivity contribution in [3.8, 4) is 0 Å². The Morgan fingerprint density at radius 1 is 0.806 bits per heavy atom. The highest BCUT2D eigenvalue weighted by Gasteiger charge is 2.45. The van der Waals surface area contributed by atoms with Gasteiger partial charge >= 0.3 is 11.9 Å². The summed E-state index contributed by atoms with van der Waals surface area (Å²) in [5.74, 6) is -1.10. The van der Waals surface area contributed by atoms with E-state index in [1.54, 1.807) is 0 Å². The van der Waals surface area contributed by atoms with Gasteiger partial charge in [0, 0.05) is 20.3 Å². The van der Waals surface area contributed by atoms with Crippen molar-refractivity contribution in [2.75, 3.05) is 6.61 Å². The Morgan fingerprint density at radius 2 is 1.25 bits per heavy atom. The number of carbonyl (C=O) groups excluding carboxylic acids is 2. The Kier molecular flexibility index (Phi) is 8.15. The van der Waals surface area contributed by atoms with Gasteiger partial charge in [-0.2, -0.15) is 0 Å². The van der Waals surface area contributed by atoms with Gasteiger partial charge in [-0.3, -0.25) is 9.59 Å². The van der Waals surface area contributed by atoms with E-state index in [0.717, 1.165) is 16.7 Å². The molecule has 0 spiro atoms. The second kappa shape index (κ2) is 11.5. The maximum Gasteiger partial charge on any atom is 0.303 e. The quantitative estimate of drug-likeness (QED) is 0.377. The van der Waals surface area contributed by atoms with Crippen LogP contribution in [0.3, 0.4) is 0 Å². The molecule has 0 aliphatic carbocycles. The number of hydrogen-bond donors (Lipinski definition) is 1. The highest BCUT2D eigenvalue weighted by molar-refractivity contribution is 5.67. The number of ether oxygens (including phenoxy) is 4. The van der Waals surface area contributed by atoms with Gasteiger partial charge in [-0.1, -0.05) is 91.0 Å². The summed E-state index contributed by atoms with van der Waals surface area (Å²) in [4.78, 5) is 23.6. The van der Waals surface area contributed by atoms with E-state index in [-0.39, 0.29) is 13.0 Å². The lowest BCUT2D eigenvalue weighted by Gasteiger charge is -2.41. The highest BCUT2D eigenvalue weighted by atomic mass is 16.7. The zero-order valence-electron chi connectivity index (χ0n) is 20.3. The van der Waals surface area contributed by atoms with Crippen molar-refractivity contribution in [1.82, 2.24) is 0 Å². The van der Waals surface area contributed by atoms with Crippen molar-refractivity contribution < 1.29 is 33.6 Å². The first-order chi connectivity index (χ1) is 17.4. The monoisotopic (exact) mass is 490 g/mol. The van der Waals surface area contributed by atoms with Crippen LogP contribution in [0, 0.1) is 0 Å². The Morgan fingerprint density at radius 3 is 1.67 bits per heavy atom. The van der Waals surface area contributed by atoms with Crippen LogP contribution in [-0.4, -0.2) is 48.3 Å². The lowest BCUT2D eigenvalue weighted by atomic mass is 9.80. The smallest absolute Gasteiger partial charge is 0.303 e. The predicted molar refractivity (Wildman–Crippen MR) is 132 cm³/mol. The molecule has 0 unspecified atom stereocenters. The fourth-order valence-electron chi connectivity index (χ4n) is 4.69. The summed E-state index contributed by atoms with van der Waals surface area (Å²) in [7, 11) is 0. The first-order valence-electron chi connectivity index (χ1n) is 11.9. The summed E-state index contributed by atoms with van der Waals surface area (Å²) in [5, 5.41) is 10.4. The van der Waals surface area contributed by atoms with Crippen molar-refractivity contribution >= 4 is 11.9 Å². The molecule has 3 aromatic carbocycles. The Hall–Kier alpha value is -3.52. The van der Waals surface area contributed by atoms with Gasteiger partial charge in [-0.05, 0) is 16.7 Å². The second-order valence-electron chi connectivity index (χ2n) is 8.68. The van der Waals surface area contributed by atoms with Crippen molar-refractivity contribution in [3.63, 3.8) is 0 Å². The molecule has 0 bridgehead atoms. The molecule has 1 saturated heterocycles. The van der Waals surface area contributed by atoms with Gasteiger partial charge in [-0.25, -0.2) is 0 Å². The lowest BCUT2D eigenvalue weighted by molar-refractivity contribution is -0.258. The van der Waals surface area contributed by atoms with E-state index in [1.807, 2.05) is 91.0 Å². The molecule has 7 heteroatoms. The van der Waals surface area contributed by atoms with Gasteiger partial charge in [0.05, 0.1) is 6.61 Å². The molecule has 4 rings (SSSR count). The minimum absolute atomic E-state index is 0.0186. The number of aliphatic hydroxyl groups excluding tert-OH is 1. The number of esters is 2. The summed E-state index contributed by atoms with van der Waals surface area (Å²) >= 11 is 0. The van der Waals surface area contributed by atoms with E-state index in [2.05, 4.69) is 0 Å². The number of hydrogen-bond acceptors (Lipinski definition) is 7. The summed E-state index contributed by atoms with van der Waals surface area (Å²) < 4.78 is 23.4. The zero-order valence-corrected chi connectivity index (χ0v) is 20.3. The van der Waals surface area contributed by atoms with Crippen molar-refractivity contribution in [3.05, 3.63) is 108 Å². The van der Waals surface area contributed by atoms with E-state index in [9.17, 15) is 14.7 Å². The minimum atomic E-state index is -1.21. The second-order valence-corrected chi connectivity index (χ2v) is 8.68. The normalized spacial score (nSPS) is 22.0. The molecule has 1 aliphatic heterocycles. The number of benzene rings is 3. The van der Waals surface area contributed by atoms with Crippen LogP contribution in [-0.2, 0) is 34.1 Å². The van der Waals surface area contributed by atoms with Gasteiger partial charge in [0.2, 0.25) is 0 Å². The van der Waals surface area contributed by atoms with Crippen LogP contribution in [0.1, 0.15) is 37.0 Å². The maximum atomic E-state index is 11.9. The molecule has 0 aromatic heterocycles. The average Bonchev–Trinajstić information content (AvgIpc) is 2.88. The summed E-state index contributed by atoms with van der Waals surface area (Å²) in [5.41, 5.74) is 1.63. The minimum Gasteiger partial charge on any atom is -0.458 e. The third kappa shape index (κ3) is 5.65. The molecule has 1 fully saturated rings. The van der Waals surface area contributed by atoms with Gasteiger partial charge in [0.15, 0.2) is 12.4 Å². The SMILES string of the molecule is CC(=O)O[C@H]1[C@H](OC(C)=O)C[C@@H](O)O[C@@H]1COC(c1ccccc1)(c1ccccc1)c1ccccc1. The van der Waals surface area contributed by atoms with Crippen LogP contribution in [0.5, 0.6) is 0 Å². The van der Waals surface area contributed by atoms with E-state index < -0.39 is 42.1 Å². The molecule has 1 N–H and O–H groups in total. The number of rotatable bonds is 8. The topological polar surface area (TPSA) is 91.3 Å². The van der Waals surface area contributed by atoms with Gasteiger partial charge < -0.3 is 24.1 Å². The summed E-state index contributed by atoms with van der Waals surface area (Å²) in [6.07, 6.45) is -3.94. The fraction of sp³-hybridized carbons (Fsp3) is 0.310. The standard InChI is InChI=1S/C29H30O7/c1-20(30)34-25-18-27(32)36-26(28(25)35-21(2)31)19-33-29(22-12-6-3-7-13-22,23-14-8-4-9-15-23)24-16-10-5-11-17-24/h3-17,25-28,32H,18-19H2,1-2H3/t25-,26-,27+,28+/m1/s1. The van der Waals surface area contributed by atoms with Crippen LogP contribution in [0.25, 0.3) is 0 Å². The van der Waals surface area contributed by atoms with E-state index in [0.29, 0.717) is 0 Å². The van der Waals surface area contributed by atoms with E-state index in [4.69, 9.17) is 18.9 Å². The Bertz CT molecular complexity index is 1040. The number of carbonyl (C=O) groups is 2. The Balaban J connectivity index is 1.77. The molecule has 0 radical (unpaired) electrons. The third-order valence-electron chi connectivity index (χ3n) is 6.12. The average molecular weight is 491 g/mol. The molecule has 188 valence electrons. The van der Waals surface area contributed by atoms with Crippen LogP contribution in [0.4, 0.5) is 0 Å². The van der Waals surface area contributed by atoms with E-state index >= 15 is 0 Å². The maximum absolute atomic E-state index is 11.9. The lowest BCUT2D eigenvalue weighted by Crippen LogP contribution is -2.54. The highest BCUT2D eigenvalue weighted by Crippen LogP contribution is 2.41. The van der Waals surface area contributed by atoms with Crippen molar-refractivity contribution in [2.24, 2.45) is 0 Å². The third-order valence-corrected chi connectivity index (χ3v) is 6.12. The van der Waals surface area contributed by atoms with Gasteiger partial charge in [0.1, 0.15) is 17.8 Å². The predicted octanol–water partition coefficient (Wildman–Crippen LogP) is 3.97. The first-order valence-corrected chi connectivity index (χ1v) is 11.9. The zero-order chi connectivity index (χ0) is 25.5. The molecule has 36 heavy (non-hydrogen) atoms. The first kappa shape index (κ1) is 25.6. The molecular formula is C29H30O7.